The minimum Gasteiger partial charge on any atom is -0.308 e. The molecular formula is C21H15N7O4S. The van der Waals surface area contributed by atoms with Crippen LogP contribution >= 0.6 is 11.3 Å². The van der Waals surface area contributed by atoms with Gasteiger partial charge in [0.25, 0.3) is 11.2 Å². The van der Waals surface area contributed by atoms with Crippen LogP contribution in [0.25, 0.3) is 15.9 Å². The van der Waals surface area contributed by atoms with Crippen molar-refractivity contribution in [3.8, 4) is 11.8 Å². The number of nitrogens with one attached hydrogen (secondary N) is 1. The van der Waals surface area contributed by atoms with Crippen LogP contribution in [0.1, 0.15) is 45.4 Å². The Morgan fingerprint density at radius 2 is 2.15 bits per heavy atom. The van der Waals surface area contributed by atoms with Gasteiger partial charge >= 0.3 is 0 Å². The van der Waals surface area contributed by atoms with Crippen LogP contribution in [0.2, 0.25) is 0 Å². The van der Waals surface area contributed by atoms with Gasteiger partial charge in [0.15, 0.2) is 11.7 Å². The second kappa shape index (κ2) is 8.03. The summed E-state index contributed by atoms with van der Waals surface area (Å²) >= 11 is 1.41. The molecular weight excluding hydrogens is 446 g/mol. The number of rotatable bonds is 5. The fraction of sp³-hybridized carbons (Fsp3) is 0.238. The number of hydrogen-bond donors (Lipinski definition) is 1. The zero-order chi connectivity index (χ0) is 23.1. The third-order valence-electron chi connectivity index (χ3n) is 5.63. The zero-order valence-electron chi connectivity index (χ0n) is 17.0. The number of aromatic amines is 1. The number of benzene rings is 1. The maximum atomic E-state index is 13.2. The first kappa shape index (κ1) is 20.7. The Bertz CT molecular complexity index is 1510. The first-order chi connectivity index (χ1) is 16.0. The normalized spacial score (nSPS) is 13.9. The van der Waals surface area contributed by atoms with E-state index in [2.05, 4.69) is 20.1 Å². The highest BCUT2D eigenvalue weighted by molar-refractivity contribution is 7.18. The lowest BCUT2D eigenvalue weighted by molar-refractivity contribution is -0.384. The number of nitrogens with zero attached hydrogens (tertiary/aromatic N) is 6. The number of aryl methyl sites for hydroxylation is 2. The van der Waals surface area contributed by atoms with Crippen LogP contribution in [0.15, 0.2) is 35.6 Å². The van der Waals surface area contributed by atoms with Gasteiger partial charge in [-0.05, 0) is 43.4 Å². The van der Waals surface area contributed by atoms with Gasteiger partial charge in [-0.2, -0.15) is 10.4 Å². The lowest BCUT2D eigenvalue weighted by Crippen LogP contribution is -2.20. The molecule has 0 spiro atoms. The highest BCUT2D eigenvalue weighted by Crippen LogP contribution is 2.34. The minimum atomic E-state index is -1.42. The maximum absolute atomic E-state index is 13.2. The van der Waals surface area contributed by atoms with Gasteiger partial charge in [0.05, 0.1) is 16.4 Å². The quantitative estimate of drug-likeness (QED) is 0.270. The summed E-state index contributed by atoms with van der Waals surface area (Å²) in [6.45, 7) is 0. The summed E-state index contributed by atoms with van der Waals surface area (Å²) in [5.41, 5.74) is 0.326. The van der Waals surface area contributed by atoms with Crippen LogP contribution < -0.4 is 5.56 Å². The molecule has 3 aromatic heterocycles. The van der Waals surface area contributed by atoms with E-state index in [1.807, 2.05) is 6.07 Å². The third-order valence-corrected chi connectivity index (χ3v) is 6.82. The summed E-state index contributed by atoms with van der Waals surface area (Å²) in [7, 11) is 0. The standard InChI is InChI=1S/C21H15N7O4S/c22-8-13(19-25-20(30)17-12-3-1-2-4-16(12)33-21(17)26-19)18(29)11-5-6-14(15(7-11)28(31)32)27-10-23-9-24-27/h5-7,9-10,13H,1-4H2,(H,25,26,30). The number of carbonyl (C=O) groups excluding carboxylic acids is 1. The number of carbonyl (C=O) groups is 1. The molecule has 1 unspecified atom stereocenters. The average molecular weight is 461 g/mol. The van der Waals surface area contributed by atoms with Crippen molar-refractivity contribution < 1.29 is 9.72 Å². The summed E-state index contributed by atoms with van der Waals surface area (Å²) in [6.07, 6.45) is 6.27. The molecule has 0 amide bonds. The fourth-order valence-corrected chi connectivity index (χ4v) is 5.35. The summed E-state index contributed by atoms with van der Waals surface area (Å²) < 4.78 is 1.21. The predicted molar refractivity (Wildman–Crippen MR) is 118 cm³/mol. The molecule has 0 aliphatic heterocycles. The molecule has 1 N–H and O–H groups in total. The molecule has 1 aliphatic rings. The Balaban J connectivity index is 1.56. The largest absolute Gasteiger partial charge is 0.308 e. The lowest BCUT2D eigenvalue weighted by atomic mass is 9.96. The summed E-state index contributed by atoms with van der Waals surface area (Å²) in [5, 5.41) is 25.7. The van der Waals surface area contributed by atoms with E-state index in [0.717, 1.165) is 42.2 Å². The van der Waals surface area contributed by atoms with Crippen molar-refractivity contribution in [1.82, 2.24) is 24.7 Å². The first-order valence-corrected chi connectivity index (χ1v) is 10.9. The van der Waals surface area contributed by atoms with Crippen molar-refractivity contribution >= 4 is 33.0 Å². The number of H-pyrrole nitrogens is 1. The Labute approximate surface area is 189 Å². The topological polar surface area (TPSA) is 160 Å². The van der Waals surface area contributed by atoms with E-state index < -0.39 is 16.6 Å². The second-order valence-corrected chi connectivity index (χ2v) is 8.65. The number of nitriles is 1. The molecule has 1 atom stereocenters. The number of Topliss-reactive ketones (excluding diaryl/α,β-unsaturated/α-hetero) is 1. The van der Waals surface area contributed by atoms with Gasteiger partial charge in [-0.25, -0.2) is 14.6 Å². The third kappa shape index (κ3) is 3.48. The monoisotopic (exact) mass is 461 g/mol. The molecule has 0 saturated heterocycles. The molecule has 0 radical (unpaired) electrons. The van der Waals surface area contributed by atoms with Crippen molar-refractivity contribution in [3.05, 3.63) is 73.2 Å². The number of nitro groups is 1. The van der Waals surface area contributed by atoms with Gasteiger partial charge in [-0.15, -0.1) is 11.3 Å². The summed E-state index contributed by atoms with van der Waals surface area (Å²) in [5.74, 6) is -2.19. The Hall–Kier alpha value is -4.24. The van der Waals surface area contributed by atoms with Gasteiger partial charge < -0.3 is 4.98 Å². The van der Waals surface area contributed by atoms with E-state index in [0.29, 0.717) is 10.2 Å². The molecule has 164 valence electrons. The van der Waals surface area contributed by atoms with Gasteiger partial charge in [-0.3, -0.25) is 19.7 Å². The highest BCUT2D eigenvalue weighted by Gasteiger charge is 2.29. The van der Waals surface area contributed by atoms with Crippen molar-refractivity contribution in [1.29, 1.82) is 5.26 Å². The van der Waals surface area contributed by atoms with E-state index in [1.54, 1.807) is 0 Å². The van der Waals surface area contributed by atoms with Gasteiger partial charge in [0, 0.05) is 16.5 Å². The Morgan fingerprint density at radius 3 is 2.88 bits per heavy atom. The number of aromatic nitrogens is 5. The van der Waals surface area contributed by atoms with Gasteiger partial charge in [-0.1, -0.05) is 0 Å². The molecule has 3 heterocycles. The van der Waals surface area contributed by atoms with Gasteiger partial charge in [0.2, 0.25) is 0 Å². The number of fused-ring (bicyclic) bond motifs is 3. The average Bonchev–Trinajstić information content (AvgIpc) is 3.47. The van der Waals surface area contributed by atoms with Crippen LogP contribution in [0.4, 0.5) is 5.69 Å². The smallest absolute Gasteiger partial charge is 0.295 e. The Kier molecular flexibility index (Phi) is 5.02. The van der Waals surface area contributed by atoms with Crippen molar-refractivity contribution in [3.63, 3.8) is 0 Å². The summed E-state index contributed by atoms with van der Waals surface area (Å²) in [4.78, 5) is 49.4. The molecule has 1 aliphatic carbocycles. The zero-order valence-corrected chi connectivity index (χ0v) is 17.8. The molecule has 1 aromatic carbocycles. The van der Waals surface area contributed by atoms with Crippen molar-refractivity contribution in [2.75, 3.05) is 0 Å². The molecule has 11 nitrogen and oxygen atoms in total. The van der Waals surface area contributed by atoms with E-state index in [9.17, 15) is 25.0 Å². The maximum Gasteiger partial charge on any atom is 0.295 e. The predicted octanol–water partition coefficient (Wildman–Crippen LogP) is 2.84. The molecule has 0 saturated carbocycles. The van der Waals surface area contributed by atoms with Crippen LogP contribution in [0, 0.1) is 21.4 Å². The molecule has 4 aromatic rings. The number of hydrogen-bond acceptors (Lipinski definition) is 9. The summed E-state index contributed by atoms with van der Waals surface area (Å²) in [6, 6.07) is 5.71. The van der Waals surface area contributed by atoms with E-state index in [-0.39, 0.29) is 28.3 Å². The number of ketones is 1. The molecule has 33 heavy (non-hydrogen) atoms. The van der Waals surface area contributed by atoms with Crippen LogP contribution in [-0.2, 0) is 12.8 Å². The molecule has 0 fully saturated rings. The van der Waals surface area contributed by atoms with E-state index >= 15 is 0 Å². The number of thiophene rings is 1. The van der Waals surface area contributed by atoms with Crippen molar-refractivity contribution in [2.45, 2.75) is 31.6 Å². The SMILES string of the molecule is N#CC(C(=O)c1ccc(-n2cncn2)c([N+](=O)[O-])c1)c1nc2sc3c(c2c(=O)[nH]1)CCCC3. The number of nitro benzene ring substituents is 1. The lowest BCUT2D eigenvalue weighted by Gasteiger charge is -2.10. The van der Waals surface area contributed by atoms with Crippen LogP contribution in [0.3, 0.4) is 0 Å². The first-order valence-electron chi connectivity index (χ1n) is 10.1. The molecule has 0 bridgehead atoms. The second-order valence-electron chi connectivity index (χ2n) is 7.57. The Morgan fingerprint density at radius 1 is 1.33 bits per heavy atom. The highest BCUT2D eigenvalue weighted by atomic mass is 32.1. The van der Waals surface area contributed by atoms with E-state index in [1.165, 1.54) is 40.8 Å². The van der Waals surface area contributed by atoms with Gasteiger partial charge in [0.1, 0.15) is 29.0 Å². The van der Waals surface area contributed by atoms with Crippen molar-refractivity contribution in [2.24, 2.45) is 0 Å². The molecule has 12 heteroatoms. The van der Waals surface area contributed by atoms with Crippen LogP contribution in [0.5, 0.6) is 0 Å². The van der Waals surface area contributed by atoms with Crippen LogP contribution in [-0.4, -0.2) is 35.4 Å². The fourth-order valence-electron chi connectivity index (χ4n) is 4.08. The van der Waals surface area contributed by atoms with E-state index in [4.69, 9.17) is 0 Å². The minimum absolute atomic E-state index is 0.0506. The molecule has 5 rings (SSSR count).